The second-order valence-corrected chi connectivity index (χ2v) is 17.9. The SMILES string of the molecule is O=C(Cl)c1csc2ccc(O)cc12.O=C(O)c1csc2ccc(O)cc12.O=C(O)c1csc2ccc(O)cc12.O=C(O)c1csc2ccc(OS(=O)(=O)c3ccccc3)cc12.[Ac].[Ac]. The number of benzene rings is 5. The Morgan fingerprint density at radius 1 is 0.476 bits per heavy atom. The number of thiophene rings is 4. The van der Waals surface area contributed by atoms with Crippen LogP contribution in [0.25, 0.3) is 40.3 Å². The zero-order chi connectivity index (χ0) is 44.0. The van der Waals surface area contributed by atoms with Crippen LogP contribution in [0.3, 0.4) is 0 Å². The summed E-state index contributed by atoms with van der Waals surface area (Å²) in [7, 11) is -3.94. The van der Waals surface area contributed by atoms with Crippen LogP contribution in [0.1, 0.15) is 41.4 Å². The smallest absolute Gasteiger partial charge is 0.339 e. The fourth-order valence-electron chi connectivity index (χ4n) is 5.52. The molecule has 0 fully saturated rings. The molecule has 0 spiro atoms. The molecule has 9 rings (SSSR count). The number of carbonyl (C=O) groups is 4. The van der Waals surface area contributed by atoms with Crippen molar-refractivity contribution in [1.82, 2.24) is 0 Å². The molecule has 0 saturated carbocycles. The topological polar surface area (TPSA) is 233 Å². The number of carboxylic acid groups (broad SMARTS) is 3. The number of phenolic OH excluding ortho intramolecular Hbond substituents is 3. The predicted octanol–water partition coefficient (Wildman–Crippen LogP) is 11.0. The molecule has 13 nitrogen and oxygen atoms in total. The van der Waals surface area contributed by atoms with Crippen molar-refractivity contribution in [2.24, 2.45) is 0 Å². The van der Waals surface area contributed by atoms with Crippen LogP contribution in [-0.2, 0) is 10.1 Å². The molecule has 0 aliphatic rings. The molecule has 0 aliphatic heterocycles. The van der Waals surface area contributed by atoms with E-state index in [4.69, 9.17) is 41.3 Å². The first kappa shape index (κ1) is 52.0. The summed E-state index contributed by atoms with van der Waals surface area (Å²) < 4.78 is 32.8. The van der Waals surface area contributed by atoms with Gasteiger partial charge in [0.25, 0.3) is 5.24 Å². The van der Waals surface area contributed by atoms with Crippen molar-refractivity contribution in [2.75, 3.05) is 0 Å². The van der Waals surface area contributed by atoms with E-state index in [0.29, 0.717) is 27.1 Å². The maximum Gasteiger partial charge on any atom is 0.339 e. The summed E-state index contributed by atoms with van der Waals surface area (Å²) in [4.78, 5) is 43.5. The van der Waals surface area contributed by atoms with Crippen LogP contribution >= 0.6 is 56.9 Å². The van der Waals surface area contributed by atoms with E-state index >= 15 is 0 Å². The van der Waals surface area contributed by atoms with Crippen molar-refractivity contribution in [3.05, 3.63) is 147 Å². The molecule has 2 radical (unpaired) electrons. The zero-order valence-electron chi connectivity index (χ0n) is 31.7. The van der Waals surface area contributed by atoms with Crippen LogP contribution in [-0.4, -0.2) is 62.2 Å². The minimum Gasteiger partial charge on any atom is -0.508 e. The third-order valence-corrected chi connectivity index (χ3v) is 13.7. The van der Waals surface area contributed by atoms with Gasteiger partial charge in [-0.05, 0) is 96.5 Å². The number of rotatable bonds is 7. The maximum absolute atomic E-state index is 12.2. The van der Waals surface area contributed by atoms with Crippen molar-refractivity contribution in [3.63, 3.8) is 0 Å². The monoisotopic (exact) mass is 1390 g/mol. The third kappa shape index (κ3) is 13.0. The average molecular weight is 1390 g/mol. The van der Waals surface area contributed by atoms with Gasteiger partial charge in [-0.15, -0.1) is 45.3 Å². The summed E-state index contributed by atoms with van der Waals surface area (Å²) in [6.07, 6.45) is 0. The molecule has 4 aromatic heterocycles. The van der Waals surface area contributed by atoms with Gasteiger partial charge in [0, 0.05) is 150 Å². The first-order chi connectivity index (χ1) is 29.0. The van der Waals surface area contributed by atoms with Crippen molar-refractivity contribution in [1.29, 1.82) is 0 Å². The van der Waals surface area contributed by atoms with Gasteiger partial charge in [0.15, 0.2) is 0 Å². The van der Waals surface area contributed by atoms with Gasteiger partial charge in [-0.1, -0.05) is 18.2 Å². The number of hydrogen-bond acceptors (Lipinski definition) is 14. The number of hydrogen-bond donors (Lipinski definition) is 6. The van der Waals surface area contributed by atoms with Gasteiger partial charge in [-0.2, -0.15) is 8.42 Å². The van der Waals surface area contributed by atoms with Crippen molar-refractivity contribution in [3.8, 4) is 23.0 Å². The summed E-state index contributed by atoms with van der Waals surface area (Å²) in [6.45, 7) is 0. The van der Waals surface area contributed by atoms with Crippen LogP contribution in [0.4, 0.5) is 0 Å². The van der Waals surface area contributed by atoms with Crippen LogP contribution < -0.4 is 4.18 Å². The molecule has 6 N–H and O–H groups in total. The first-order valence-electron chi connectivity index (χ1n) is 17.0. The second-order valence-electron chi connectivity index (χ2n) is 12.3. The van der Waals surface area contributed by atoms with E-state index in [-0.39, 0.29) is 133 Å². The minimum absolute atomic E-state index is 0. The number of carbonyl (C=O) groups excluding carboxylic acids is 1. The van der Waals surface area contributed by atoms with E-state index in [2.05, 4.69) is 0 Å². The van der Waals surface area contributed by atoms with Gasteiger partial charge < -0.3 is 34.8 Å². The summed E-state index contributed by atoms with van der Waals surface area (Å²) in [5.41, 5.74) is 1.08. The molecule has 0 aliphatic carbocycles. The Labute approximate surface area is 449 Å². The number of phenols is 3. The summed E-state index contributed by atoms with van der Waals surface area (Å²) in [6, 6.07) is 26.7. The fraction of sp³-hybridized carbons (Fsp3) is 0. The van der Waals surface area contributed by atoms with Crippen LogP contribution in [0.5, 0.6) is 23.0 Å². The minimum atomic E-state index is -3.94. The van der Waals surface area contributed by atoms with E-state index in [0.717, 1.165) is 18.8 Å². The first-order valence-corrected chi connectivity index (χ1v) is 22.3. The Hall–Kier alpha value is -3.66. The number of carboxylic acids is 3. The van der Waals surface area contributed by atoms with Gasteiger partial charge >= 0.3 is 28.0 Å². The number of aromatic hydroxyl groups is 3. The normalized spacial score (nSPS) is 10.5. The molecule has 0 bridgehead atoms. The largest absolute Gasteiger partial charge is 0.508 e. The Morgan fingerprint density at radius 2 is 0.810 bits per heavy atom. The Bertz CT molecular complexity index is 3000. The van der Waals surface area contributed by atoms with Gasteiger partial charge in [-0.25, -0.2) is 14.4 Å². The molecule has 9 aromatic rings. The van der Waals surface area contributed by atoms with E-state index in [1.807, 2.05) is 0 Å². The van der Waals surface area contributed by atoms with E-state index in [9.17, 15) is 32.7 Å². The van der Waals surface area contributed by atoms with E-state index in [1.54, 1.807) is 82.9 Å². The van der Waals surface area contributed by atoms with Crippen molar-refractivity contribution >= 4 is 131 Å². The molecule has 0 unspecified atom stereocenters. The number of aromatic carboxylic acids is 3. The molecular formula is C42H27Ac2ClO13S5. The fourth-order valence-corrected chi connectivity index (χ4v) is 10.4. The second kappa shape index (κ2) is 23.0. The third-order valence-electron chi connectivity index (χ3n) is 8.36. The Morgan fingerprint density at radius 3 is 1.17 bits per heavy atom. The molecule has 316 valence electrons. The Kier molecular flexibility index (Phi) is 19.0. The number of halogens is 1. The summed E-state index contributed by atoms with van der Waals surface area (Å²) in [5, 5.41) is 62.5. The van der Waals surface area contributed by atoms with Crippen LogP contribution in [0, 0.1) is 88.1 Å². The number of fused-ring (bicyclic) bond motifs is 4. The molecular weight excluding hydrogens is 1360 g/mol. The van der Waals surface area contributed by atoms with E-state index < -0.39 is 33.3 Å². The van der Waals surface area contributed by atoms with Gasteiger partial charge in [-0.3, -0.25) is 4.79 Å². The zero-order valence-corrected chi connectivity index (χ0v) is 46.1. The van der Waals surface area contributed by atoms with Gasteiger partial charge in [0.05, 0.1) is 22.3 Å². The quantitative estimate of drug-likeness (QED) is 0.0645. The molecule has 5 aromatic carbocycles. The van der Waals surface area contributed by atoms with Gasteiger partial charge in [0.2, 0.25) is 0 Å². The predicted molar refractivity (Wildman–Crippen MR) is 238 cm³/mol. The maximum atomic E-state index is 12.2. The average Bonchev–Trinajstić information content (AvgIpc) is 4.03. The van der Waals surface area contributed by atoms with E-state index in [1.165, 1.54) is 87.1 Å². The van der Waals surface area contributed by atoms with Crippen LogP contribution in [0.15, 0.2) is 130 Å². The molecule has 4 heterocycles. The molecule has 0 saturated heterocycles. The van der Waals surface area contributed by atoms with Crippen molar-refractivity contribution < 1.29 is 151 Å². The molecule has 0 atom stereocenters. The Balaban J connectivity index is 0.000000188. The van der Waals surface area contributed by atoms with Gasteiger partial charge in [0.1, 0.15) is 27.9 Å². The van der Waals surface area contributed by atoms with Crippen molar-refractivity contribution in [2.45, 2.75) is 4.90 Å². The van der Waals surface area contributed by atoms with Crippen LogP contribution in [0.2, 0.25) is 0 Å². The summed E-state index contributed by atoms with van der Waals surface area (Å²) in [5.74, 6) is -2.58. The molecule has 21 heteroatoms. The summed E-state index contributed by atoms with van der Waals surface area (Å²) >= 11 is 10.8. The molecule has 63 heavy (non-hydrogen) atoms. The molecule has 0 amide bonds. The standard InChI is InChI=1S/C15H10O5S2.C9H5ClO2S.2C9H6O3S.2Ac/c16-15(17)13-9-21-14-7-6-10(8-12(13)14)20-22(18,19)11-4-2-1-3-5-11;10-9(12)7-4-13-8-2-1-5(11)3-6(7)8;2*10-5-1-2-8-6(3-5)7(4-13-8)9(11)12;;/h1-9H,(H,16,17);1-4,11H;2*1-4,10H,(H,11,12);;.